The molecular formula is C17H20ClFN2O3. The molecule has 2 aliphatic heterocycles. The minimum absolute atomic E-state index is 0.0835. The number of carbonyl (C=O) groups excluding carboxylic acids is 2. The second kappa shape index (κ2) is 6.69. The maximum atomic E-state index is 13.4. The first-order valence-corrected chi connectivity index (χ1v) is 8.37. The quantitative estimate of drug-likeness (QED) is 0.832. The zero-order chi connectivity index (χ0) is 17.3. The molecule has 0 radical (unpaired) electrons. The van der Waals surface area contributed by atoms with Gasteiger partial charge in [0, 0.05) is 33.3 Å². The van der Waals surface area contributed by atoms with Gasteiger partial charge in [-0.2, -0.15) is 0 Å². The molecule has 2 fully saturated rings. The SMILES string of the molecule is COCCN1CCC2(CCN(C(=O)c3cc(F)ccc3Cl)C2)C1=O. The van der Waals surface area contributed by atoms with E-state index in [9.17, 15) is 14.0 Å². The summed E-state index contributed by atoms with van der Waals surface area (Å²) in [5.41, 5.74) is -0.362. The largest absolute Gasteiger partial charge is 0.383 e. The number of methoxy groups -OCH3 is 1. The van der Waals surface area contributed by atoms with E-state index in [1.807, 2.05) is 0 Å². The first-order chi connectivity index (χ1) is 11.5. The van der Waals surface area contributed by atoms with Crippen molar-refractivity contribution in [2.75, 3.05) is 39.9 Å². The van der Waals surface area contributed by atoms with Crippen LogP contribution in [0.2, 0.25) is 5.02 Å². The lowest BCUT2D eigenvalue weighted by Gasteiger charge is -2.23. The van der Waals surface area contributed by atoms with Crippen LogP contribution < -0.4 is 0 Å². The van der Waals surface area contributed by atoms with Gasteiger partial charge in [-0.25, -0.2) is 4.39 Å². The molecule has 2 saturated heterocycles. The monoisotopic (exact) mass is 354 g/mol. The Morgan fingerprint density at radius 1 is 1.38 bits per heavy atom. The smallest absolute Gasteiger partial charge is 0.255 e. The third kappa shape index (κ3) is 3.00. The number of amides is 2. The predicted molar refractivity (Wildman–Crippen MR) is 87.4 cm³/mol. The van der Waals surface area contributed by atoms with Gasteiger partial charge in [-0.1, -0.05) is 11.6 Å². The highest BCUT2D eigenvalue weighted by atomic mass is 35.5. The minimum Gasteiger partial charge on any atom is -0.383 e. The Hall–Kier alpha value is -1.66. The molecule has 5 nitrogen and oxygen atoms in total. The fraction of sp³-hybridized carbons (Fsp3) is 0.529. The van der Waals surface area contributed by atoms with Gasteiger partial charge in [0.15, 0.2) is 0 Å². The number of halogens is 2. The number of likely N-dealkylation sites (tertiary alicyclic amines) is 2. The van der Waals surface area contributed by atoms with E-state index < -0.39 is 11.2 Å². The highest BCUT2D eigenvalue weighted by molar-refractivity contribution is 6.33. The normalized spacial score (nSPS) is 23.5. The molecule has 0 aromatic heterocycles. The molecule has 1 aromatic rings. The molecule has 1 spiro atoms. The maximum absolute atomic E-state index is 13.4. The fourth-order valence-corrected chi connectivity index (χ4v) is 3.76. The second-order valence-corrected chi connectivity index (χ2v) is 6.82. The summed E-state index contributed by atoms with van der Waals surface area (Å²) in [5.74, 6) is -0.737. The van der Waals surface area contributed by atoms with Gasteiger partial charge in [0.1, 0.15) is 5.82 Å². The van der Waals surface area contributed by atoms with Crippen LogP contribution in [0.15, 0.2) is 18.2 Å². The molecule has 7 heteroatoms. The average Bonchev–Trinajstić information content (AvgIpc) is 3.14. The summed E-state index contributed by atoms with van der Waals surface area (Å²) >= 11 is 6.03. The summed E-state index contributed by atoms with van der Waals surface area (Å²) in [7, 11) is 1.61. The molecule has 0 saturated carbocycles. The number of benzene rings is 1. The van der Waals surface area contributed by atoms with Gasteiger partial charge >= 0.3 is 0 Å². The van der Waals surface area contributed by atoms with Crippen LogP contribution in [0.1, 0.15) is 23.2 Å². The fourth-order valence-electron chi connectivity index (χ4n) is 3.56. The summed E-state index contributed by atoms with van der Waals surface area (Å²) in [6.07, 6.45) is 1.37. The third-order valence-corrected chi connectivity index (χ3v) is 5.30. The average molecular weight is 355 g/mol. The molecule has 2 amide bonds. The highest BCUT2D eigenvalue weighted by Crippen LogP contribution is 2.41. The Labute approximate surface area is 145 Å². The molecule has 2 heterocycles. The Balaban J connectivity index is 1.72. The summed E-state index contributed by atoms with van der Waals surface area (Å²) in [4.78, 5) is 28.8. The molecule has 0 bridgehead atoms. The molecule has 0 N–H and O–H groups in total. The van der Waals surface area contributed by atoms with E-state index in [4.69, 9.17) is 16.3 Å². The molecule has 2 aliphatic rings. The summed E-state index contributed by atoms with van der Waals surface area (Å²) in [5, 5.41) is 0.224. The second-order valence-electron chi connectivity index (χ2n) is 6.42. The number of rotatable bonds is 4. The Morgan fingerprint density at radius 3 is 2.88 bits per heavy atom. The lowest BCUT2D eigenvalue weighted by atomic mass is 9.85. The summed E-state index contributed by atoms with van der Waals surface area (Å²) < 4.78 is 18.5. The zero-order valence-corrected chi connectivity index (χ0v) is 14.3. The summed E-state index contributed by atoms with van der Waals surface area (Å²) in [6, 6.07) is 3.75. The highest BCUT2D eigenvalue weighted by Gasteiger charge is 2.51. The van der Waals surface area contributed by atoms with E-state index in [1.165, 1.54) is 12.1 Å². The van der Waals surface area contributed by atoms with Crippen molar-refractivity contribution in [2.45, 2.75) is 12.8 Å². The van der Waals surface area contributed by atoms with Crippen LogP contribution in [-0.2, 0) is 9.53 Å². The van der Waals surface area contributed by atoms with Crippen molar-refractivity contribution in [3.05, 3.63) is 34.6 Å². The van der Waals surface area contributed by atoms with E-state index >= 15 is 0 Å². The van der Waals surface area contributed by atoms with Gasteiger partial charge in [-0.05, 0) is 31.0 Å². The number of ether oxygens (including phenoxy) is 1. The Kier molecular flexibility index (Phi) is 4.78. The molecule has 1 atom stereocenters. The van der Waals surface area contributed by atoms with Crippen LogP contribution >= 0.6 is 11.6 Å². The Bertz CT molecular complexity index is 669. The predicted octanol–water partition coefficient (Wildman–Crippen LogP) is 2.19. The van der Waals surface area contributed by atoms with Gasteiger partial charge in [0.2, 0.25) is 5.91 Å². The van der Waals surface area contributed by atoms with Crippen LogP contribution in [0.3, 0.4) is 0 Å². The van der Waals surface area contributed by atoms with Gasteiger partial charge in [-0.15, -0.1) is 0 Å². The van der Waals surface area contributed by atoms with E-state index in [0.717, 1.165) is 12.5 Å². The third-order valence-electron chi connectivity index (χ3n) is 4.97. The van der Waals surface area contributed by atoms with Gasteiger partial charge < -0.3 is 14.5 Å². The van der Waals surface area contributed by atoms with Crippen LogP contribution in [-0.4, -0.2) is 61.5 Å². The van der Waals surface area contributed by atoms with Gasteiger partial charge in [0.05, 0.1) is 22.6 Å². The molecule has 3 rings (SSSR count). The van der Waals surface area contributed by atoms with Crippen LogP contribution in [0.5, 0.6) is 0 Å². The van der Waals surface area contributed by atoms with Gasteiger partial charge in [-0.3, -0.25) is 9.59 Å². The van der Waals surface area contributed by atoms with E-state index in [0.29, 0.717) is 39.2 Å². The van der Waals surface area contributed by atoms with Gasteiger partial charge in [0.25, 0.3) is 5.91 Å². The van der Waals surface area contributed by atoms with Crippen LogP contribution in [0, 0.1) is 11.2 Å². The van der Waals surface area contributed by atoms with Crippen molar-refractivity contribution >= 4 is 23.4 Å². The molecule has 1 unspecified atom stereocenters. The van der Waals surface area contributed by atoms with Crippen molar-refractivity contribution < 1.29 is 18.7 Å². The van der Waals surface area contributed by atoms with E-state index in [2.05, 4.69) is 0 Å². The lowest BCUT2D eigenvalue weighted by Crippen LogP contribution is -2.39. The van der Waals surface area contributed by atoms with Crippen molar-refractivity contribution in [2.24, 2.45) is 5.41 Å². The molecular weight excluding hydrogens is 335 g/mol. The summed E-state index contributed by atoms with van der Waals surface area (Å²) in [6.45, 7) is 2.60. The molecule has 1 aromatic carbocycles. The first kappa shape index (κ1) is 17.2. The number of nitrogens with zero attached hydrogens (tertiary/aromatic N) is 2. The van der Waals surface area contributed by atoms with E-state index in [1.54, 1.807) is 16.9 Å². The molecule has 130 valence electrons. The van der Waals surface area contributed by atoms with Crippen molar-refractivity contribution in [3.63, 3.8) is 0 Å². The van der Waals surface area contributed by atoms with Crippen LogP contribution in [0.25, 0.3) is 0 Å². The number of carbonyl (C=O) groups is 2. The standard InChI is InChI=1S/C17H20ClFN2O3/c1-24-9-8-20-6-4-17(16(20)23)5-7-21(11-17)15(22)13-10-12(19)2-3-14(13)18/h2-3,10H,4-9,11H2,1H3. The van der Waals surface area contributed by atoms with Crippen LogP contribution in [0.4, 0.5) is 4.39 Å². The topological polar surface area (TPSA) is 49.9 Å². The zero-order valence-electron chi connectivity index (χ0n) is 13.6. The Morgan fingerprint density at radius 2 is 2.12 bits per heavy atom. The first-order valence-electron chi connectivity index (χ1n) is 7.99. The number of hydrogen-bond acceptors (Lipinski definition) is 3. The molecule has 0 aliphatic carbocycles. The van der Waals surface area contributed by atoms with Crippen molar-refractivity contribution in [1.82, 2.24) is 9.80 Å². The minimum atomic E-state index is -0.511. The van der Waals surface area contributed by atoms with Crippen molar-refractivity contribution in [3.8, 4) is 0 Å². The van der Waals surface area contributed by atoms with E-state index in [-0.39, 0.29) is 22.4 Å². The maximum Gasteiger partial charge on any atom is 0.255 e. The molecule has 24 heavy (non-hydrogen) atoms. The number of hydrogen-bond donors (Lipinski definition) is 0. The van der Waals surface area contributed by atoms with Crippen molar-refractivity contribution in [1.29, 1.82) is 0 Å². The lowest BCUT2D eigenvalue weighted by molar-refractivity contribution is -0.135.